The van der Waals surface area contributed by atoms with Gasteiger partial charge in [-0.25, -0.2) is 4.79 Å². The monoisotopic (exact) mass is 405 g/mol. The minimum atomic E-state index is -0.604. The lowest BCUT2D eigenvalue weighted by molar-refractivity contribution is -0.147. The maximum atomic E-state index is 13.1. The van der Waals surface area contributed by atoms with Gasteiger partial charge in [0.15, 0.2) is 0 Å². The topological polar surface area (TPSA) is 64.6 Å². The number of carbonyl (C=O) groups is 2. The fourth-order valence-corrected chi connectivity index (χ4v) is 3.79. The van der Waals surface area contributed by atoms with E-state index in [9.17, 15) is 9.59 Å². The van der Waals surface area contributed by atoms with Crippen LogP contribution in [0.5, 0.6) is 0 Å². The van der Waals surface area contributed by atoms with Crippen molar-refractivity contribution in [3.8, 4) is 0 Å². The van der Waals surface area contributed by atoms with Gasteiger partial charge in [0.25, 0.3) is 0 Å². The summed E-state index contributed by atoms with van der Waals surface area (Å²) in [7, 11) is 0. The van der Waals surface area contributed by atoms with Crippen LogP contribution in [0, 0.1) is 5.92 Å². The maximum absolute atomic E-state index is 13.1. The summed E-state index contributed by atoms with van der Waals surface area (Å²) in [5.41, 5.74) is 3.59. The molecule has 0 aromatic heterocycles. The minimum Gasteiger partial charge on any atom is -0.466 e. The fourth-order valence-electron chi connectivity index (χ4n) is 3.79. The summed E-state index contributed by atoms with van der Waals surface area (Å²) in [6.45, 7) is 5.97. The summed E-state index contributed by atoms with van der Waals surface area (Å²) >= 11 is 0. The molecule has 1 aliphatic rings. The molecule has 0 fully saturated rings. The molecule has 0 unspecified atom stereocenters. The largest absolute Gasteiger partial charge is 0.466 e. The standard InChI is InChI=1S/C25H27NO4/c1-4-29-24(27)21-17(3)16-20(26-19-14-10-7-11-15-19)23(25(28)30-5-2)22(21)18-12-8-6-9-13-18/h6-16,21-22,26H,4-5H2,1-3H3/t21-,22+/m0/s1. The lowest BCUT2D eigenvalue weighted by Gasteiger charge is -2.33. The van der Waals surface area contributed by atoms with Crippen molar-refractivity contribution in [2.24, 2.45) is 5.92 Å². The van der Waals surface area contributed by atoms with Gasteiger partial charge in [-0.3, -0.25) is 4.79 Å². The van der Waals surface area contributed by atoms with Crippen molar-refractivity contribution >= 4 is 17.6 Å². The fraction of sp³-hybridized carbons (Fsp3) is 0.280. The molecule has 0 spiro atoms. The van der Waals surface area contributed by atoms with Gasteiger partial charge in [0, 0.05) is 17.3 Å². The van der Waals surface area contributed by atoms with E-state index in [0.29, 0.717) is 11.3 Å². The molecule has 5 heteroatoms. The lowest BCUT2D eigenvalue weighted by Crippen LogP contribution is -2.34. The Morgan fingerprint density at radius 3 is 2.10 bits per heavy atom. The first kappa shape index (κ1) is 21.4. The van der Waals surface area contributed by atoms with Crippen LogP contribution in [0.1, 0.15) is 32.3 Å². The first-order valence-electron chi connectivity index (χ1n) is 10.2. The summed E-state index contributed by atoms with van der Waals surface area (Å²) in [6, 6.07) is 19.2. The summed E-state index contributed by atoms with van der Waals surface area (Å²) in [5, 5.41) is 3.34. The molecule has 30 heavy (non-hydrogen) atoms. The second-order valence-electron chi connectivity index (χ2n) is 7.05. The number of allylic oxidation sites excluding steroid dienone is 1. The number of hydrogen-bond donors (Lipinski definition) is 1. The third-order valence-electron chi connectivity index (χ3n) is 5.04. The molecule has 0 amide bonds. The van der Waals surface area contributed by atoms with Crippen molar-refractivity contribution in [1.29, 1.82) is 0 Å². The molecular weight excluding hydrogens is 378 g/mol. The highest BCUT2D eigenvalue weighted by Crippen LogP contribution is 2.43. The molecule has 2 atom stereocenters. The van der Waals surface area contributed by atoms with E-state index in [0.717, 1.165) is 16.8 Å². The predicted octanol–water partition coefficient (Wildman–Crippen LogP) is 4.84. The molecule has 0 saturated carbocycles. The number of benzene rings is 2. The average Bonchev–Trinajstić information content (AvgIpc) is 2.75. The third kappa shape index (κ3) is 4.62. The van der Waals surface area contributed by atoms with E-state index in [-0.39, 0.29) is 19.2 Å². The van der Waals surface area contributed by atoms with Gasteiger partial charge in [-0.1, -0.05) is 54.1 Å². The lowest BCUT2D eigenvalue weighted by atomic mass is 9.73. The van der Waals surface area contributed by atoms with Crippen molar-refractivity contribution in [2.45, 2.75) is 26.7 Å². The molecular formula is C25H27NO4. The van der Waals surface area contributed by atoms with Crippen LogP contribution in [0.2, 0.25) is 0 Å². The Hall–Kier alpha value is -3.34. The Morgan fingerprint density at radius 2 is 1.50 bits per heavy atom. The molecule has 1 aliphatic carbocycles. The van der Waals surface area contributed by atoms with Crippen molar-refractivity contribution in [3.05, 3.63) is 89.1 Å². The molecule has 0 aliphatic heterocycles. The summed E-state index contributed by atoms with van der Waals surface area (Å²) in [5.74, 6) is -1.91. The zero-order chi connectivity index (χ0) is 21.5. The number of carbonyl (C=O) groups excluding carboxylic acids is 2. The van der Waals surface area contributed by atoms with E-state index in [4.69, 9.17) is 9.47 Å². The SMILES string of the molecule is CCOC(=O)C1=C(Nc2ccccc2)C=C(C)[C@H](C(=O)OCC)[C@H]1c1ccccc1. The van der Waals surface area contributed by atoms with E-state index in [1.54, 1.807) is 13.8 Å². The van der Waals surface area contributed by atoms with E-state index in [1.165, 1.54) is 0 Å². The van der Waals surface area contributed by atoms with Crippen LogP contribution in [0.3, 0.4) is 0 Å². The second-order valence-corrected chi connectivity index (χ2v) is 7.05. The molecule has 5 nitrogen and oxygen atoms in total. The van der Waals surface area contributed by atoms with Crippen LogP contribution in [0.4, 0.5) is 5.69 Å². The van der Waals surface area contributed by atoms with E-state index in [2.05, 4.69) is 5.32 Å². The minimum absolute atomic E-state index is 0.245. The number of esters is 2. The van der Waals surface area contributed by atoms with Gasteiger partial charge in [-0.15, -0.1) is 0 Å². The Kier molecular flexibility index (Phi) is 7.07. The number of rotatable bonds is 7. The average molecular weight is 405 g/mol. The molecule has 0 bridgehead atoms. The number of para-hydroxylation sites is 1. The van der Waals surface area contributed by atoms with Gasteiger partial charge in [0.2, 0.25) is 0 Å². The first-order valence-corrected chi connectivity index (χ1v) is 10.2. The Bertz CT molecular complexity index is 948. The first-order chi connectivity index (χ1) is 14.6. The van der Waals surface area contributed by atoms with Crippen molar-refractivity contribution in [3.63, 3.8) is 0 Å². The highest BCUT2D eigenvalue weighted by Gasteiger charge is 2.42. The van der Waals surface area contributed by atoms with E-state index < -0.39 is 17.8 Å². The molecule has 1 N–H and O–H groups in total. The molecule has 0 heterocycles. The van der Waals surface area contributed by atoms with Crippen molar-refractivity contribution in [1.82, 2.24) is 0 Å². The molecule has 156 valence electrons. The van der Waals surface area contributed by atoms with Crippen molar-refractivity contribution in [2.75, 3.05) is 18.5 Å². The summed E-state index contributed by atoms with van der Waals surface area (Å²) in [4.78, 5) is 26.0. The van der Waals surface area contributed by atoms with Crippen LogP contribution in [0.25, 0.3) is 0 Å². The molecule has 3 rings (SSSR count). The Balaban J connectivity index is 2.18. The number of anilines is 1. The maximum Gasteiger partial charge on any atom is 0.336 e. The van der Waals surface area contributed by atoms with Crippen LogP contribution in [0.15, 0.2) is 83.6 Å². The normalized spacial score (nSPS) is 18.4. The van der Waals surface area contributed by atoms with Gasteiger partial charge >= 0.3 is 11.9 Å². The third-order valence-corrected chi connectivity index (χ3v) is 5.04. The van der Waals surface area contributed by atoms with Gasteiger partial charge in [-0.05, 0) is 44.5 Å². The zero-order valence-electron chi connectivity index (χ0n) is 17.6. The Morgan fingerprint density at radius 1 is 0.900 bits per heavy atom. The summed E-state index contributed by atoms with van der Waals surface area (Å²) < 4.78 is 10.8. The highest BCUT2D eigenvalue weighted by atomic mass is 16.5. The molecule has 2 aromatic rings. The molecule has 0 radical (unpaired) electrons. The van der Waals surface area contributed by atoms with Crippen molar-refractivity contribution < 1.29 is 19.1 Å². The van der Waals surface area contributed by atoms with E-state index >= 15 is 0 Å². The molecule has 0 saturated heterocycles. The second kappa shape index (κ2) is 9.92. The highest BCUT2D eigenvalue weighted by molar-refractivity contribution is 5.95. The smallest absolute Gasteiger partial charge is 0.336 e. The Labute approximate surface area is 177 Å². The van der Waals surface area contributed by atoms with Gasteiger partial charge in [0.05, 0.1) is 24.7 Å². The number of hydrogen-bond acceptors (Lipinski definition) is 5. The van der Waals surface area contributed by atoms with Gasteiger partial charge in [-0.2, -0.15) is 0 Å². The van der Waals surface area contributed by atoms with Crippen LogP contribution >= 0.6 is 0 Å². The van der Waals surface area contributed by atoms with E-state index in [1.807, 2.05) is 73.7 Å². The van der Waals surface area contributed by atoms with Gasteiger partial charge in [0.1, 0.15) is 0 Å². The summed E-state index contributed by atoms with van der Waals surface area (Å²) in [6.07, 6.45) is 1.85. The van der Waals surface area contributed by atoms with Crippen LogP contribution in [-0.4, -0.2) is 25.2 Å². The van der Waals surface area contributed by atoms with Gasteiger partial charge < -0.3 is 14.8 Å². The zero-order valence-corrected chi connectivity index (χ0v) is 17.6. The van der Waals surface area contributed by atoms with Crippen LogP contribution in [-0.2, 0) is 19.1 Å². The molecule has 2 aromatic carbocycles. The van der Waals surface area contributed by atoms with Crippen LogP contribution < -0.4 is 5.32 Å². The number of nitrogens with one attached hydrogen (secondary N) is 1. The predicted molar refractivity (Wildman–Crippen MR) is 117 cm³/mol. The quantitative estimate of drug-likeness (QED) is 0.668. The number of ether oxygens (including phenoxy) is 2.